The minimum atomic E-state index is -1.04. The second-order valence-corrected chi connectivity index (χ2v) is 6.90. The zero-order chi connectivity index (χ0) is 20.2. The van der Waals surface area contributed by atoms with Crippen LogP contribution in [0.4, 0.5) is 11.6 Å². The van der Waals surface area contributed by atoms with E-state index in [1.807, 2.05) is 25.1 Å². The van der Waals surface area contributed by atoms with Crippen LogP contribution in [0.5, 0.6) is 0 Å². The molecule has 29 heavy (non-hydrogen) atoms. The highest BCUT2D eigenvalue weighted by Gasteiger charge is 2.11. The topological polar surface area (TPSA) is 127 Å². The van der Waals surface area contributed by atoms with Crippen molar-refractivity contribution in [3.8, 4) is 11.5 Å². The molecule has 0 atom stereocenters. The molecule has 0 unspecified atom stereocenters. The van der Waals surface area contributed by atoms with Crippen LogP contribution in [0.25, 0.3) is 11.5 Å². The van der Waals surface area contributed by atoms with Crippen molar-refractivity contribution in [2.45, 2.75) is 13.3 Å². The molecular formula is C19H15N7O2S. The van der Waals surface area contributed by atoms with Crippen LogP contribution in [0.2, 0.25) is 0 Å². The average molecular weight is 405 g/mol. The Bertz CT molecular complexity index is 1180. The third kappa shape index (κ3) is 4.55. The van der Waals surface area contributed by atoms with Crippen LogP contribution >= 0.6 is 11.3 Å². The first-order chi connectivity index (χ1) is 14.1. The SMILES string of the molecule is Cc1cccc(-c2nccc(Nc3ccnc(Cc4csc(C(=O)O)n4)n3)n2)n1. The molecule has 0 saturated heterocycles. The van der Waals surface area contributed by atoms with Gasteiger partial charge in [0.15, 0.2) is 5.82 Å². The molecule has 0 amide bonds. The maximum atomic E-state index is 11.0. The summed E-state index contributed by atoms with van der Waals surface area (Å²) in [7, 11) is 0. The monoisotopic (exact) mass is 405 g/mol. The van der Waals surface area contributed by atoms with Gasteiger partial charge in [-0.05, 0) is 31.2 Å². The summed E-state index contributed by atoms with van der Waals surface area (Å²) in [6.07, 6.45) is 3.61. The molecule has 4 aromatic rings. The van der Waals surface area contributed by atoms with Gasteiger partial charge < -0.3 is 10.4 Å². The van der Waals surface area contributed by atoms with E-state index in [0.29, 0.717) is 41.1 Å². The highest BCUT2D eigenvalue weighted by Crippen LogP contribution is 2.18. The van der Waals surface area contributed by atoms with Gasteiger partial charge in [0.05, 0.1) is 12.1 Å². The number of rotatable bonds is 6. The van der Waals surface area contributed by atoms with Crippen molar-refractivity contribution in [1.29, 1.82) is 0 Å². The van der Waals surface area contributed by atoms with Crippen LogP contribution in [0, 0.1) is 6.92 Å². The summed E-state index contributed by atoms with van der Waals surface area (Å²) in [5.74, 6) is 1.12. The number of pyridine rings is 1. The van der Waals surface area contributed by atoms with Crippen molar-refractivity contribution in [3.05, 3.63) is 70.3 Å². The number of thiazole rings is 1. The minimum Gasteiger partial charge on any atom is -0.476 e. The average Bonchev–Trinajstić information content (AvgIpc) is 3.17. The second-order valence-electron chi connectivity index (χ2n) is 6.04. The predicted octanol–water partition coefficient (Wildman–Crippen LogP) is 3.13. The summed E-state index contributed by atoms with van der Waals surface area (Å²) in [5, 5.41) is 13.9. The third-order valence-corrected chi connectivity index (χ3v) is 4.69. The molecule has 0 aliphatic carbocycles. The molecular weight excluding hydrogens is 390 g/mol. The molecule has 4 aromatic heterocycles. The third-order valence-electron chi connectivity index (χ3n) is 3.81. The smallest absolute Gasteiger partial charge is 0.365 e. The maximum Gasteiger partial charge on any atom is 0.365 e. The summed E-state index contributed by atoms with van der Waals surface area (Å²) >= 11 is 1.08. The molecule has 0 fully saturated rings. The van der Waals surface area contributed by atoms with Gasteiger partial charge in [0.1, 0.15) is 23.2 Å². The molecule has 0 radical (unpaired) electrons. The Kier molecular flexibility index (Phi) is 5.16. The minimum absolute atomic E-state index is 0.0487. The molecule has 2 N–H and O–H groups in total. The number of nitrogens with one attached hydrogen (secondary N) is 1. The Labute approximate surface area is 169 Å². The van der Waals surface area contributed by atoms with Gasteiger partial charge in [-0.25, -0.2) is 34.7 Å². The quantitative estimate of drug-likeness (QED) is 0.497. The van der Waals surface area contributed by atoms with Crippen molar-refractivity contribution in [2.75, 3.05) is 5.32 Å². The first-order valence-electron chi connectivity index (χ1n) is 8.60. The molecule has 0 bridgehead atoms. The van der Waals surface area contributed by atoms with Gasteiger partial charge in [0.2, 0.25) is 5.01 Å². The highest BCUT2D eigenvalue weighted by molar-refractivity contribution is 7.11. The summed E-state index contributed by atoms with van der Waals surface area (Å²) < 4.78 is 0. The lowest BCUT2D eigenvalue weighted by Crippen LogP contribution is -2.03. The van der Waals surface area contributed by atoms with Crippen molar-refractivity contribution >= 4 is 28.9 Å². The molecule has 0 aliphatic heterocycles. The van der Waals surface area contributed by atoms with Crippen molar-refractivity contribution in [2.24, 2.45) is 0 Å². The number of nitrogens with zero attached hydrogens (tertiary/aromatic N) is 6. The molecule has 4 heterocycles. The summed E-state index contributed by atoms with van der Waals surface area (Å²) in [5.41, 5.74) is 2.19. The van der Waals surface area contributed by atoms with Gasteiger partial charge in [-0.1, -0.05) is 6.07 Å². The standard InChI is InChI=1S/C19H15N7O2S/c1-11-3-2-4-13(22-11)17-21-8-6-15(26-17)24-14-5-7-20-16(25-14)9-12-10-29-18(23-12)19(27)28/h2-8,10H,9H2,1H3,(H,27,28)(H,20,21,24,25,26). The summed E-state index contributed by atoms with van der Waals surface area (Å²) in [4.78, 5) is 36.9. The maximum absolute atomic E-state index is 11.0. The normalized spacial score (nSPS) is 10.7. The molecule has 9 nitrogen and oxygen atoms in total. The van der Waals surface area contributed by atoms with E-state index in [0.717, 1.165) is 17.0 Å². The van der Waals surface area contributed by atoms with E-state index in [1.165, 1.54) is 0 Å². The molecule has 0 saturated carbocycles. The number of carboxylic acids is 1. The number of carbonyl (C=O) groups is 1. The van der Waals surface area contributed by atoms with Gasteiger partial charge >= 0.3 is 5.97 Å². The summed E-state index contributed by atoms with van der Waals surface area (Å²) in [6, 6.07) is 9.14. The van der Waals surface area contributed by atoms with E-state index in [9.17, 15) is 4.79 Å². The zero-order valence-electron chi connectivity index (χ0n) is 15.3. The Morgan fingerprint density at radius 1 is 1.03 bits per heavy atom. The van der Waals surface area contributed by atoms with E-state index in [1.54, 1.807) is 29.9 Å². The van der Waals surface area contributed by atoms with Crippen molar-refractivity contribution < 1.29 is 9.90 Å². The van der Waals surface area contributed by atoms with E-state index in [4.69, 9.17) is 5.11 Å². The second kappa shape index (κ2) is 8.07. The van der Waals surface area contributed by atoms with E-state index in [2.05, 4.69) is 35.2 Å². The van der Waals surface area contributed by atoms with E-state index >= 15 is 0 Å². The first-order valence-corrected chi connectivity index (χ1v) is 9.48. The lowest BCUT2D eigenvalue weighted by Gasteiger charge is -2.07. The van der Waals surface area contributed by atoms with E-state index < -0.39 is 5.97 Å². The fourth-order valence-electron chi connectivity index (χ4n) is 2.55. The van der Waals surface area contributed by atoms with E-state index in [-0.39, 0.29) is 5.01 Å². The molecule has 0 aliphatic rings. The van der Waals surface area contributed by atoms with Crippen molar-refractivity contribution in [3.63, 3.8) is 0 Å². The fraction of sp³-hybridized carbons (Fsp3) is 0.105. The Morgan fingerprint density at radius 2 is 1.83 bits per heavy atom. The fourth-order valence-corrected chi connectivity index (χ4v) is 3.21. The largest absolute Gasteiger partial charge is 0.476 e. The van der Waals surface area contributed by atoms with Crippen LogP contribution in [0.3, 0.4) is 0 Å². The molecule has 10 heteroatoms. The zero-order valence-corrected chi connectivity index (χ0v) is 16.1. The van der Waals surface area contributed by atoms with Crippen LogP contribution in [-0.4, -0.2) is 41.0 Å². The Morgan fingerprint density at radius 3 is 2.59 bits per heavy atom. The number of aromatic nitrogens is 6. The van der Waals surface area contributed by atoms with Crippen LogP contribution in [-0.2, 0) is 6.42 Å². The lowest BCUT2D eigenvalue weighted by atomic mass is 10.3. The number of aryl methyl sites for hydroxylation is 1. The molecule has 4 rings (SSSR count). The first kappa shape index (κ1) is 18.6. The Hall–Kier alpha value is -3.79. The number of aromatic carboxylic acids is 1. The van der Waals surface area contributed by atoms with Gasteiger partial charge in [-0.15, -0.1) is 11.3 Å². The van der Waals surface area contributed by atoms with Crippen molar-refractivity contribution in [1.82, 2.24) is 29.9 Å². The van der Waals surface area contributed by atoms with Crippen LogP contribution < -0.4 is 5.32 Å². The van der Waals surface area contributed by atoms with Gasteiger partial charge in [-0.2, -0.15) is 0 Å². The molecule has 0 spiro atoms. The predicted molar refractivity (Wildman–Crippen MR) is 107 cm³/mol. The number of hydrogen-bond acceptors (Lipinski definition) is 9. The molecule has 0 aromatic carbocycles. The number of carboxylic acid groups (broad SMARTS) is 1. The van der Waals surface area contributed by atoms with Gasteiger partial charge in [0, 0.05) is 23.5 Å². The van der Waals surface area contributed by atoms with Gasteiger partial charge in [-0.3, -0.25) is 0 Å². The number of hydrogen-bond donors (Lipinski definition) is 2. The summed E-state index contributed by atoms with van der Waals surface area (Å²) in [6.45, 7) is 1.91. The number of anilines is 2. The highest BCUT2D eigenvalue weighted by atomic mass is 32.1. The van der Waals surface area contributed by atoms with Crippen LogP contribution in [0.15, 0.2) is 48.1 Å². The Balaban J connectivity index is 1.52. The lowest BCUT2D eigenvalue weighted by molar-refractivity contribution is 0.0696. The molecule has 144 valence electrons. The van der Waals surface area contributed by atoms with Gasteiger partial charge in [0.25, 0.3) is 0 Å². The van der Waals surface area contributed by atoms with Crippen LogP contribution in [0.1, 0.15) is 27.0 Å².